The van der Waals surface area contributed by atoms with Crippen LogP contribution in [-0.2, 0) is 6.54 Å². The van der Waals surface area contributed by atoms with E-state index in [-0.39, 0.29) is 12.6 Å². The molecule has 0 bridgehead atoms. The van der Waals surface area contributed by atoms with Crippen molar-refractivity contribution in [3.8, 4) is 0 Å². The number of amides is 2. The van der Waals surface area contributed by atoms with Crippen LogP contribution in [0.2, 0.25) is 0 Å². The van der Waals surface area contributed by atoms with E-state index in [0.29, 0.717) is 13.1 Å². The average molecular weight is 349 g/mol. The van der Waals surface area contributed by atoms with E-state index in [1.807, 2.05) is 30.3 Å². The first-order valence-electron chi connectivity index (χ1n) is 9.95. The van der Waals surface area contributed by atoms with Gasteiger partial charge in [-0.25, -0.2) is 4.79 Å². The standard InChI is InChI=1S/C21H36N2O2/c1-2-3-4-5-6-7-8-9-13-16-23(17-18-24)21(25)22-19-20-14-11-10-12-15-20/h10-12,14-15,24H,2-9,13,16-19H2,1H3,(H,22,25). The molecule has 0 spiro atoms. The molecule has 1 aromatic rings. The molecular formula is C21H36N2O2. The predicted molar refractivity (Wildman–Crippen MR) is 105 cm³/mol. The Hall–Kier alpha value is -1.55. The second-order valence-corrected chi connectivity index (χ2v) is 6.68. The van der Waals surface area contributed by atoms with Crippen molar-refractivity contribution in [1.29, 1.82) is 0 Å². The maximum absolute atomic E-state index is 12.3. The number of benzene rings is 1. The van der Waals surface area contributed by atoms with Crippen molar-refractivity contribution in [3.63, 3.8) is 0 Å². The van der Waals surface area contributed by atoms with Gasteiger partial charge in [-0.05, 0) is 12.0 Å². The molecule has 142 valence electrons. The highest BCUT2D eigenvalue weighted by molar-refractivity contribution is 5.74. The van der Waals surface area contributed by atoms with E-state index in [9.17, 15) is 9.90 Å². The second-order valence-electron chi connectivity index (χ2n) is 6.68. The summed E-state index contributed by atoms with van der Waals surface area (Å²) in [6, 6.07) is 9.81. The lowest BCUT2D eigenvalue weighted by molar-refractivity contribution is 0.175. The largest absolute Gasteiger partial charge is 0.395 e. The highest BCUT2D eigenvalue weighted by Crippen LogP contribution is 2.10. The Labute approximate surface area is 153 Å². The number of carbonyl (C=O) groups is 1. The minimum atomic E-state index is -0.0857. The van der Waals surface area contributed by atoms with Crippen LogP contribution >= 0.6 is 0 Å². The zero-order chi connectivity index (χ0) is 18.2. The van der Waals surface area contributed by atoms with Gasteiger partial charge in [0.1, 0.15) is 0 Å². The molecule has 0 aliphatic heterocycles. The monoisotopic (exact) mass is 348 g/mol. The van der Waals surface area contributed by atoms with E-state index in [2.05, 4.69) is 12.2 Å². The molecule has 0 saturated carbocycles. The van der Waals surface area contributed by atoms with Gasteiger partial charge in [-0.2, -0.15) is 0 Å². The van der Waals surface area contributed by atoms with Gasteiger partial charge in [0.2, 0.25) is 0 Å². The number of carbonyl (C=O) groups excluding carboxylic acids is 1. The van der Waals surface area contributed by atoms with Crippen LogP contribution in [0.3, 0.4) is 0 Å². The molecule has 0 fully saturated rings. The summed E-state index contributed by atoms with van der Waals surface area (Å²) in [5.74, 6) is 0. The molecular weight excluding hydrogens is 312 g/mol. The van der Waals surface area contributed by atoms with Crippen LogP contribution in [0.4, 0.5) is 4.79 Å². The van der Waals surface area contributed by atoms with Gasteiger partial charge in [0.25, 0.3) is 0 Å². The molecule has 0 aliphatic rings. The number of unbranched alkanes of at least 4 members (excludes halogenated alkanes) is 8. The molecule has 0 radical (unpaired) electrons. The highest BCUT2D eigenvalue weighted by atomic mass is 16.3. The molecule has 0 atom stereocenters. The minimum absolute atomic E-state index is 0.0101. The van der Waals surface area contributed by atoms with Crippen LogP contribution in [-0.4, -0.2) is 35.7 Å². The van der Waals surface area contributed by atoms with Gasteiger partial charge in [-0.1, -0.05) is 88.6 Å². The molecule has 0 saturated heterocycles. The fourth-order valence-corrected chi connectivity index (χ4v) is 2.93. The summed E-state index contributed by atoms with van der Waals surface area (Å²) in [7, 11) is 0. The third-order valence-electron chi connectivity index (χ3n) is 4.48. The normalized spacial score (nSPS) is 10.6. The number of rotatable bonds is 14. The second kappa shape index (κ2) is 14.8. The van der Waals surface area contributed by atoms with E-state index in [4.69, 9.17) is 0 Å². The number of urea groups is 1. The minimum Gasteiger partial charge on any atom is -0.395 e. The summed E-state index contributed by atoms with van der Waals surface area (Å²) >= 11 is 0. The number of nitrogens with one attached hydrogen (secondary N) is 1. The Morgan fingerprint density at radius 3 is 2.12 bits per heavy atom. The number of hydrogen-bond donors (Lipinski definition) is 2. The first-order chi connectivity index (χ1) is 12.3. The van der Waals surface area contributed by atoms with Gasteiger partial charge in [-0.15, -0.1) is 0 Å². The van der Waals surface area contributed by atoms with Crippen LogP contribution in [0.1, 0.15) is 70.3 Å². The van der Waals surface area contributed by atoms with Crippen LogP contribution in [0.25, 0.3) is 0 Å². The molecule has 1 rings (SSSR count). The molecule has 0 aromatic heterocycles. The van der Waals surface area contributed by atoms with Gasteiger partial charge < -0.3 is 15.3 Å². The molecule has 1 aromatic carbocycles. The first-order valence-corrected chi connectivity index (χ1v) is 9.95. The summed E-state index contributed by atoms with van der Waals surface area (Å²) in [6.07, 6.45) is 11.4. The third kappa shape index (κ3) is 10.8. The predicted octanol–water partition coefficient (Wildman–Crippen LogP) is 4.72. The van der Waals surface area contributed by atoms with Crippen LogP contribution < -0.4 is 5.32 Å². The highest BCUT2D eigenvalue weighted by Gasteiger charge is 2.11. The smallest absolute Gasteiger partial charge is 0.317 e. The lowest BCUT2D eigenvalue weighted by atomic mass is 10.1. The van der Waals surface area contributed by atoms with E-state index in [1.165, 1.54) is 44.9 Å². The summed E-state index contributed by atoms with van der Waals surface area (Å²) in [6.45, 7) is 3.90. The number of nitrogens with zero attached hydrogens (tertiary/aromatic N) is 1. The Morgan fingerprint density at radius 1 is 0.920 bits per heavy atom. The molecule has 0 heterocycles. The van der Waals surface area contributed by atoms with E-state index in [1.54, 1.807) is 4.90 Å². The summed E-state index contributed by atoms with van der Waals surface area (Å²) in [5, 5.41) is 12.1. The maximum atomic E-state index is 12.3. The van der Waals surface area contributed by atoms with E-state index in [0.717, 1.165) is 24.9 Å². The van der Waals surface area contributed by atoms with Crippen molar-refractivity contribution in [2.45, 2.75) is 71.3 Å². The molecule has 0 aliphatic carbocycles. The average Bonchev–Trinajstić information content (AvgIpc) is 2.64. The Balaban J connectivity index is 2.14. The van der Waals surface area contributed by atoms with Crippen molar-refractivity contribution >= 4 is 6.03 Å². The Morgan fingerprint density at radius 2 is 1.52 bits per heavy atom. The molecule has 2 N–H and O–H groups in total. The lowest BCUT2D eigenvalue weighted by Crippen LogP contribution is -2.41. The first kappa shape index (κ1) is 21.5. The Bertz CT molecular complexity index is 437. The van der Waals surface area contributed by atoms with Gasteiger partial charge in [0, 0.05) is 19.6 Å². The number of hydrogen-bond acceptors (Lipinski definition) is 2. The Kier molecular flexibility index (Phi) is 12.7. The quantitative estimate of drug-likeness (QED) is 0.478. The van der Waals surface area contributed by atoms with Gasteiger partial charge in [0.05, 0.1) is 6.61 Å². The number of aliphatic hydroxyl groups is 1. The van der Waals surface area contributed by atoms with Crippen molar-refractivity contribution in [2.24, 2.45) is 0 Å². The van der Waals surface area contributed by atoms with Crippen molar-refractivity contribution < 1.29 is 9.90 Å². The topological polar surface area (TPSA) is 52.6 Å². The molecule has 4 heteroatoms. The van der Waals surface area contributed by atoms with Gasteiger partial charge in [0.15, 0.2) is 0 Å². The fraction of sp³-hybridized carbons (Fsp3) is 0.667. The van der Waals surface area contributed by atoms with Crippen molar-refractivity contribution in [2.75, 3.05) is 19.7 Å². The summed E-state index contributed by atoms with van der Waals surface area (Å²) < 4.78 is 0. The summed E-state index contributed by atoms with van der Waals surface area (Å²) in [4.78, 5) is 14.0. The van der Waals surface area contributed by atoms with Crippen LogP contribution in [0.5, 0.6) is 0 Å². The SMILES string of the molecule is CCCCCCCCCCCN(CCO)C(=O)NCc1ccccc1. The number of aliphatic hydroxyl groups excluding tert-OH is 1. The van der Waals surface area contributed by atoms with E-state index < -0.39 is 0 Å². The van der Waals surface area contributed by atoms with Gasteiger partial charge >= 0.3 is 6.03 Å². The third-order valence-corrected chi connectivity index (χ3v) is 4.48. The van der Waals surface area contributed by atoms with Gasteiger partial charge in [-0.3, -0.25) is 0 Å². The lowest BCUT2D eigenvalue weighted by Gasteiger charge is -2.22. The molecule has 25 heavy (non-hydrogen) atoms. The molecule has 0 unspecified atom stereocenters. The molecule has 4 nitrogen and oxygen atoms in total. The zero-order valence-electron chi connectivity index (χ0n) is 15.9. The van der Waals surface area contributed by atoms with Crippen molar-refractivity contribution in [1.82, 2.24) is 10.2 Å². The molecule has 2 amide bonds. The fourth-order valence-electron chi connectivity index (χ4n) is 2.93. The van der Waals surface area contributed by atoms with Crippen LogP contribution in [0, 0.1) is 0 Å². The summed E-state index contributed by atoms with van der Waals surface area (Å²) in [5.41, 5.74) is 1.09. The van der Waals surface area contributed by atoms with E-state index >= 15 is 0 Å². The maximum Gasteiger partial charge on any atom is 0.317 e. The van der Waals surface area contributed by atoms with Crippen LogP contribution in [0.15, 0.2) is 30.3 Å². The zero-order valence-corrected chi connectivity index (χ0v) is 15.9. The van der Waals surface area contributed by atoms with Crippen molar-refractivity contribution in [3.05, 3.63) is 35.9 Å².